The number of nitrogens with one attached hydrogen (secondary N) is 2. The van der Waals surface area contributed by atoms with Gasteiger partial charge in [-0.05, 0) is 60.5 Å². The molecule has 0 aliphatic heterocycles. The average molecular weight is 536 g/mol. The molecule has 1 heterocycles. The number of nitrogens with zero attached hydrogens (tertiary/aromatic N) is 3. The normalized spacial score (nSPS) is 10.7. The zero-order valence-corrected chi connectivity index (χ0v) is 22.0. The van der Waals surface area contributed by atoms with Crippen molar-refractivity contribution in [3.8, 4) is 11.4 Å². The summed E-state index contributed by atoms with van der Waals surface area (Å²) < 4.78 is 6.96. The van der Waals surface area contributed by atoms with E-state index in [2.05, 4.69) is 20.8 Å². The maximum atomic E-state index is 12.6. The van der Waals surface area contributed by atoms with Crippen LogP contribution in [0.1, 0.15) is 17.0 Å². The van der Waals surface area contributed by atoms with E-state index in [-0.39, 0.29) is 30.5 Å². The van der Waals surface area contributed by atoms with Crippen LogP contribution in [0.4, 0.5) is 5.69 Å². The third kappa shape index (κ3) is 7.34. The Labute approximate surface area is 224 Å². The molecule has 4 rings (SSSR count). The molecule has 0 atom stereocenters. The molecular weight excluding hydrogens is 510 g/mol. The molecule has 2 amide bonds. The summed E-state index contributed by atoms with van der Waals surface area (Å²) in [5.41, 5.74) is 3.40. The van der Waals surface area contributed by atoms with Crippen LogP contribution >= 0.6 is 23.4 Å². The van der Waals surface area contributed by atoms with Gasteiger partial charge in [-0.3, -0.25) is 14.2 Å². The minimum absolute atomic E-state index is 0.135. The van der Waals surface area contributed by atoms with Crippen molar-refractivity contribution >= 4 is 40.9 Å². The van der Waals surface area contributed by atoms with E-state index in [1.165, 1.54) is 11.8 Å². The molecular formula is C27H26ClN5O3S. The number of anilines is 1. The van der Waals surface area contributed by atoms with Gasteiger partial charge in [-0.1, -0.05) is 53.7 Å². The molecule has 0 bridgehead atoms. The number of halogens is 1. The van der Waals surface area contributed by atoms with Crippen LogP contribution in [0.3, 0.4) is 0 Å². The SMILES string of the molecule is COc1ccc(CC(=O)NCc2nnc(SCC(=O)Nc3cccc(C)c3)n2-c2cccc(Cl)c2)cc1. The fourth-order valence-corrected chi connectivity index (χ4v) is 4.56. The summed E-state index contributed by atoms with van der Waals surface area (Å²) in [6.45, 7) is 2.12. The number of hydrogen-bond donors (Lipinski definition) is 2. The number of amides is 2. The number of carbonyl (C=O) groups excluding carboxylic acids is 2. The van der Waals surface area contributed by atoms with E-state index in [1.54, 1.807) is 23.8 Å². The molecule has 0 fully saturated rings. The number of hydrogen-bond acceptors (Lipinski definition) is 6. The predicted molar refractivity (Wildman–Crippen MR) is 145 cm³/mol. The van der Waals surface area contributed by atoms with Crippen LogP contribution < -0.4 is 15.4 Å². The molecule has 0 radical (unpaired) electrons. The summed E-state index contributed by atoms with van der Waals surface area (Å²) in [6, 6.07) is 22.2. The highest BCUT2D eigenvalue weighted by molar-refractivity contribution is 7.99. The highest BCUT2D eigenvalue weighted by Gasteiger charge is 2.17. The Hall–Kier alpha value is -3.82. The van der Waals surface area contributed by atoms with Crippen molar-refractivity contribution in [2.45, 2.75) is 25.0 Å². The summed E-state index contributed by atoms with van der Waals surface area (Å²) in [4.78, 5) is 25.1. The summed E-state index contributed by atoms with van der Waals surface area (Å²) in [6.07, 6.45) is 0.218. The monoisotopic (exact) mass is 535 g/mol. The van der Waals surface area contributed by atoms with Gasteiger partial charge in [0.2, 0.25) is 11.8 Å². The van der Waals surface area contributed by atoms with Crippen LogP contribution in [0.2, 0.25) is 5.02 Å². The third-order valence-corrected chi connectivity index (χ3v) is 6.53. The number of thioether (sulfide) groups is 1. The van der Waals surface area contributed by atoms with Gasteiger partial charge in [0.25, 0.3) is 0 Å². The number of methoxy groups -OCH3 is 1. The van der Waals surface area contributed by atoms with Gasteiger partial charge in [0, 0.05) is 10.7 Å². The van der Waals surface area contributed by atoms with Crippen molar-refractivity contribution in [1.82, 2.24) is 20.1 Å². The lowest BCUT2D eigenvalue weighted by Crippen LogP contribution is -2.26. The second kappa shape index (κ2) is 12.4. The second-order valence-corrected chi connectivity index (χ2v) is 9.60. The van der Waals surface area contributed by atoms with Crippen LogP contribution in [0.25, 0.3) is 5.69 Å². The highest BCUT2D eigenvalue weighted by atomic mass is 35.5. The first kappa shape index (κ1) is 26.2. The van der Waals surface area contributed by atoms with Crippen molar-refractivity contribution in [3.05, 3.63) is 94.8 Å². The van der Waals surface area contributed by atoms with Crippen LogP contribution in [0.15, 0.2) is 78.0 Å². The maximum absolute atomic E-state index is 12.6. The first-order valence-corrected chi connectivity index (χ1v) is 12.9. The molecule has 2 N–H and O–H groups in total. The summed E-state index contributed by atoms with van der Waals surface area (Å²) >= 11 is 7.48. The lowest BCUT2D eigenvalue weighted by Gasteiger charge is -2.12. The largest absolute Gasteiger partial charge is 0.497 e. The van der Waals surface area contributed by atoms with Gasteiger partial charge in [0.05, 0.1) is 31.5 Å². The van der Waals surface area contributed by atoms with E-state index in [1.807, 2.05) is 67.6 Å². The van der Waals surface area contributed by atoms with Crippen molar-refractivity contribution < 1.29 is 14.3 Å². The van der Waals surface area contributed by atoms with Gasteiger partial charge in [0.15, 0.2) is 11.0 Å². The molecule has 0 saturated heterocycles. The van der Waals surface area contributed by atoms with Crippen molar-refractivity contribution in [2.75, 3.05) is 18.2 Å². The summed E-state index contributed by atoms with van der Waals surface area (Å²) in [7, 11) is 1.60. The lowest BCUT2D eigenvalue weighted by atomic mass is 10.1. The number of ether oxygens (including phenoxy) is 1. The Balaban J connectivity index is 1.45. The standard InChI is InChI=1S/C27H26ClN5O3S/c1-18-5-3-7-21(13-18)30-26(35)17-37-27-32-31-24(33(27)22-8-4-6-20(28)15-22)16-29-25(34)14-19-9-11-23(36-2)12-10-19/h3-13,15H,14,16-17H2,1-2H3,(H,29,34)(H,30,35). The topological polar surface area (TPSA) is 98.1 Å². The van der Waals surface area contributed by atoms with Gasteiger partial charge in [0.1, 0.15) is 5.75 Å². The van der Waals surface area contributed by atoms with Crippen LogP contribution in [-0.4, -0.2) is 39.4 Å². The fourth-order valence-electron chi connectivity index (χ4n) is 3.60. The summed E-state index contributed by atoms with van der Waals surface area (Å²) in [5, 5.41) is 15.4. The lowest BCUT2D eigenvalue weighted by molar-refractivity contribution is -0.120. The van der Waals surface area contributed by atoms with E-state index < -0.39 is 0 Å². The molecule has 1 aromatic heterocycles. The van der Waals surface area contributed by atoms with E-state index in [0.717, 1.165) is 28.3 Å². The Morgan fingerprint density at radius 3 is 2.51 bits per heavy atom. The Morgan fingerprint density at radius 2 is 1.78 bits per heavy atom. The molecule has 0 spiro atoms. The van der Waals surface area contributed by atoms with E-state index in [4.69, 9.17) is 16.3 Å². The number of rotatable bonds is 10. The van der Waals surface area contributed by atoms with E-state index in [9.17, 15) is 9.59 Å². The maximum Gasteiger partial charge on any atom is 0.234 e. The zero-order valence-electron chi connectivity index (χ0n) is 20.4. The number of carbonyl (C=O) groups is 2. The summed E-state index contributed by atoms with van der Waals surface area (Å²) in [5.74, 6) is 1.07. The van der Waals surface area contributed by atoms with Gasteiger partial charge in [-0.15, -0.1) is 10.2 Å². The smallest absolute Gasteiger partial charge is 0.234 e. The quantitative estimate of drug-likeness (QED) is 0.282. The zero-order chi connectivity index (χ0) is 26.2. The predicted octanol–water partition coefficient (Wildman–Crippen LogP) is 4.83. The molecule has 4 aromatic rings. The Morgan fingerprint density at radius 1 is 1.00 bits per heavy atom. The van der Waals surface area contributed by atoms with Crippen LogP contribution in [0.5, 0.6) is 5.75 Å². The first-order valence-electron chi connectivity index (χ1n) is 11.5. The van der Waals surface area contributed by atoms with Gasteiger partial charge >= 0.3 is 0 Å². The number of benzene rings is 3. The molecule has 0 aliphatic rings. The molecule has 0 unspecified atom stereocenters. The van der Waals surface area contributed by atoms with Crippen molar-refractivity contribution in [2.24, 2.45) is 0 Å². The second-order valence-electron chi connectivity index (χ2n) is 8.22. The molecule has 3 aromatic carbocycles. The average Bonchev–Trinajstić information content (AvgIpc) is 3.29. The Bertz CT molecular complexity index is 1390. The van der Waals surface area contributed by atoms with Gasteiger partial charge in [-0.25, -0.2) is 0 Å². The minimum Gasteiger partial charge on any atom is -0.497 e. The van der Waals surface area contributed by atoms with Gasteiger partial charge in [-0.2, -0.15) is 0 Å². The molecule has 190 valence electrons. The van der Waals surface area contributed by atoms with Crippen LogP contribution in [0, 0.1) is 6.92 Å². The number of aromatic nitrogens is 3. The minimum atomic E-state index is -0.161. The van der Waals surface area contributed by atoms with E-state index >= 15 is 0 Å². The third-order valence-electron chi connectivity index (χ3n) is 5.37. The number of aryl methyl sites for hydroxylation is 1. The van der Waals surface area contributed by atoms with Gasteiger partial charge < -0.3 is 15.4 Å². The van der Waals surface area contributed by atoms with Crippen molar-refractivity contribution in [1.29, 1.82) is 0 Å². The molecule has 8 nitrogen and oxygen atoms in total. The van der Waals surface area contributed by atoms with E-state index in [0.29, 0.717) is 16.0 Å². The molecule has 10 heteroatoms. The molecule has 37 heavy (non-hydrogen) atoms. The Kier molecular flexibility index (Phi) is 8.81. The highest BCUT2D eigenvalue weighted by Crippen LogP contribution is 2.24. The molecule has 0 saturated carbocycles. The first-order chi connectivity index (χ1) is 17.9. The fraction of sp³-hybridized carbons (Fsp3) is 0.185. The van der Waals surface area contributed by atoms with Crippen LogP contribution in [-0.2, 0) is 22.6 Å². The van der Waals surface area contributed by atoms with Crippen molar-refractivity contribution in [3.63, 3.8) is 0 Å². The molecule has 0 aliphatic carbocycles.